The number of aryl methyl sites for hydroxylation is 1. The summed E-state index contributed by atoms with van der Waals surface area (Å²) in [6, 6.07) is 8.01. The zero-order valence-corrected chi connectivity index (χ0v) is 12.9. The second kappa shape index (κ2) is 10.3. The Bertz CT molecular complexity index is 373. The average Bonchev–Trinajstić information content (AvgIpc) is 2.45. The Hall–Kier alpha value is -1.51. The topological polar surface area (TPSA) is 41.1 Å². The Kier molecular flexibility index (Phi) is 8.52. The number of unbranched alkanes of at least 4 members (excludes halogenated alkanes) is 5. The molecule has 0 heterocycles. The van der Waals surface area contributed by atoms with Gasteiger partial charge in [0.05, 0.1) is 0 Å². The van der Waals surface area contributed by atoms with E-state index < -0.39 is 0 Å². The molecule has 0 unspecified atom stereocenters. The number of benzene rings is 1. The van der Waals surface area contributed by atoms with Crippen LogP contribution in [0.5, 0.6) is 0 Å². The van der Waals surface area contributed by atoms with E-state index in [0.29, 0.717) is 6.54 Å². The number of nitrogens with one attached hydrogen (secondary N) is 2. The maximum atomic E-state index is 11.4. The highest BCUT2D eigenvalue weighted by Crippen LogP contribution is 2.13. The number of anilines is 1. The van der Waals surface area contributed by atoms with Crippen molar-refractivity contribution in [1.29, 1.82) is 0 Å². The van der Waals surface area contributed by atoms with Gasteiger partial charge in [-0.05, 0) is 37.5 Å². The van der Waals surface area contributed by atoms with Crippen LogP contribution in [0.3, 0.4) is 0 Å². The number of carbonyl (C=O) groups excluding carboxylic acids is 1. The van der Waals surface area contributed by atoms with E-state index in [0.717, 1.165) is 12.1 Å². The van der Waals surface area contributed by atoms with Crippen LogP contribution < -0.4 is 10.6 Å². The molecule has 0 radical (unpaired) electrons. The van der Waals surface area contributed by atoms with E-state index >= 15 is 0 Å². The molecule has 0 saturated heterocycles. The van der Waals surface area contributed by atoms with E-state index in [1.54, 1.807) is 0 Å². The zero-order chi connectivity index (χ0) is 14.6. The van der Waals surface area contributed by atoms with Gasteiger partial charge in [0.1, 0.15) is 0 Å². The van der Waals surface area contributed by atoms with Gasteiger partial charge in [-0.15, -0.1) is 0 Å². The fourth-order valence-corrected chi connectivity index (χ4v) is 2.20. The number of urea groups is 1. The molecule has 3 nitrogen and oxygen atoms in total. The molecule has 0 saturated carbocycles. The summed E-state index contributed by atoms with van der Waals surface area (Å²) in [5.41, 5.74) is 2.20. The van der Waals surface area contributed by atoms with E-state index in [2.05, 4.69) is 29.7 Å². The minimum atomic E-state index is -0.142. The molecule has 20 heavy (non-hydrogen) atoms. The molecule has 0 aromatic heterocycles. The van der Waals surface area contributed by atoms with Crippen LogP contribution in [0.25, 0.3) is 0 Å². The molecule has 0 aliphatic heterocycles. The first kappa shape index (κ1) is 16.5. The van der Waals surface area contributed by atoms with Crippen molar-refractivity contribution >= 4 is 11.7 Å². The molecule has 0 aliphatic carbocycles. The highest BCUT2D eigenvalue weighted by molar-refractivity contribution is 5.89. The van der Waals surface area contributed by atoms with Crippen LogP contribution in [-0.4, -0.2) is 12.6 Å². The Morgan fingerprint density at radius 1 is 0.950 bits per heavy atom. The lowest BCUT2D eigenvalue weighted by molar-refractivity contribution is 0.252. The minimum absolute atomic E-state index is 0.142. The van der Waals surface area contributed by atoms with Crippen molar-refractivity contribution in [3.63, 3.8) is 0 Å². The van der Waals surface area contributed by atoms with Crippen LogP contribution in [0.4, 0.5) is 10.5 Å². The number of carbonyl (C=O) groups is 1. The lowest BCUT2D eigenvalue weighted by atomic mass is 10.0. The molecular weight excluding hydrogens is 248 g/mol. The molecule has 0 aliphatic rings. The van der Waals surface area contributed by atoms with Gasteiger partial charge in [0, 0.05) is 12.2 Å². The van der Waals surface area contributed by atoms with Crippen molar-refractivity contribution in [1.82, 2.24) is 5.32 Å². The van der Waals surface area contributed by atoms with Gasteiger partial charge >= 0.3 is 6.03 Å². The predicted octanol–water partition coefficient (Wildman–Crippen LogP) is 4.73. The third-order valence-electron chi connectivity index (χ3n) is 3.37. The molecule has 112 valence electrons. The fourth-order valence-electron chi connectivity index (χ4n) is 2.20. The smallest absolute Gasteiger partial charge is 0.319 e. The molecule has 1 aromatic rings. The number of rotatable bonds is 9. The highest BCUT2D eigenvalue weighted by atomic mass is 16.2. The molecule has 2 amide bonds. The third kappa shape index (κ3) is 7.17. The standard InChI is InChI=1S/C17H28N2O/c1-3-5-6-7-8-9-10-15-11-13-16(14-12-15)19-17(20)18-4-2/h11-14H,3-10H2,1-2H3,(H2,18,19,20). The summed E-state index contributed by atoms with van der Waals surface area (Å²) in [4.78, 5) is 11.4. The second-order valence-electron chi connectivity index (χ2n) is 5.20. The molecule has 1 aromatic carbocycles. The molecular formula is C17H28N2O. The lowest BCUT2D eigenvalue weighted by Gasteiger charge is -2.07. The first-order valence-corrected chi connectivity index (χ1v) is 7.90. The maximum Gasteiger partial charge on any atom is 0.319 e. The van der Waals surface area contributed by atoms with Crippen molar-refractivity contribution in [2.24, 2.45) is 0 Å². The summed E-state index contributed by atoms with van der Waals surface area (Å²) in [6.45, 7) is 4.79. The van der Waals surface area contributed by atoms with Gasteiger partial charge < -0.3 is 10.6 Å². The molecule has 0 bridgehead atoms. The first-order chi connectivity index (χ1) is 9.76. The van der Waals surface area contributed by atoms with Gasteiger partial charge in [0.15, 0.2) is 0 Å². The minimum Gasteiger partial charge on any atom is -0.338 e. The lowest BCUT2D eigenvalue weighted by Crippen LogP contribution is -2.28. The average molecular weight is 276 g/mol. The van der Waals surface area contributed by atoms with E-state index in [-0.39, 0.29) is 6.03 Å². The van der Waals surface area contributed by atoms with E-state index in [1.807, 2.05) is 19.1 Å². The number of amides is 2. The quantitative estimate of drug-likeness (QED) is 0.629. The second-order valence-corrected chi connectivity index (χ2v) is 5.20. The third-order valence-corrected chi connectivity index (χ3v) is 3.37. The number of hydrogen-bond acceptors (Lipinski definition) is 1. The summed E-state index contributed by atoms with van der Waals surface area (Å²) in [5.74, 6) is 0. The Morgan fingerprint density at radius 3 is 2.25 bits per heavy atom. The van der Waals surface area contributed by atoms with Crippen molar-refractivity contribution < 1.29 is 4.79 Å². The van der Waals surface area contributed by atoms with Crippen molar-refractivity contribution in [3.8, 4) is 0 Å². The summed E-state index contributed by atoms with van der Waals surface area (Å²) in [5, 5.41) is 5.53. The molecule has 0 spiro atoms. The van der Waals surface area contributed by atoms with Gasteiger partial charge in [-0.25, -0.2) is 4.79 Å². The Morgan fingerprint density at radius 2 is 1.60 bits per heavy atom. The molecule has 2 N–H and O–H groups in total. The van der Waals surface area contributed by atoms with E-state index in [4.69, 9.17) is 0 Å². The summed E-state index contributed by atoms with van der Waals surface area (Å²) in [7, 11) is 0. The molecule has 0 fully saturated rings. The summed E-state index contributed by atoms with van der Waals surface area (Å²) >= 11 is 0. The maximum absolute atomic E-state index is 11.4. The van der Waals surface area contributed by atoms with Crippen LogP contribution >= 0.6 is 0 Å². The fraction of sp³-hybridized carbons (Fsp3) is 0.588. The van der Waals surface area contributed by atoms with E-state index in [1.165, 1.54) is 44.1 Å². The predicted molar refractivity (Wildman–Crippen MR) is 86.2 cm³/mol. The van der Waals surface area contributed by atoms with Crippen LogP contribution in [-0.2, 0) is 6.42 Å². The van der Waals surface area contributed by atoms with Gasteiger partial charge in [0.25, 0.3) is 0 Å². The SMILES string of the molecule is CCCCCCCCc1ccc(NC(=O)NCC)cc1. The van der Waals surface area contributed by atoms with Crippen LogP contribution in [0, 0.1) is 0 Å². The molecule has 0 atom stereocenters. The van der Waals surface area contributed by atoms with E-state index in [9.17, 15) is 4.79 Å². The summed E-state index contributed by atoms with van der Waals surface area (Å²) in [6.07, 6.45) is 9.09. The molecule has 1 rings (SSSR count). The summed E-state index contributed by atoms with van der Waals surface area (Å²) < 4.78 is 0. The normalized spacial score (nSPS) is 10.3. The van der Waals surface area contributed by atoms with Crippen LogP contribution in [0.2, 0.25) is 0 Å². The van der Waals surface area contributed by atoms with Gasteiger partial charge in [-0.3, -0.25) is 0 Å². The van der Waals surface area contributed by atoms with Crippen molar-refractivity contribution in [2.45, 2.75) is 58.8 Å². The largest absolute Gasteiger partial charge is 0.338 e. The number of hydrogen-bond donors (Lipinski definition) is 2. The van der Waals surface area contributed by atoms with Crippen molar-refractivity contribution in [2.75, 3.05) is 11.9 Å². The highest BCUT2D eigenvalue weighted by Gasteiger charge is 2.00. The zero-order valence-electron chi connectivity index (χ0n) is 12.9. The van der Waals surface area contributed by atoms with Crippen LogP contribution in [0.15, 0.2) is 24.3 Å². The first-order valence-electron chi connectivity index (χ1n) is 7.90. The Labute approximate surface area is 123 Å². The van der Waals surface area contributed by atoms with Gasteiger partial charge in [-0.2, -0.15) is 0 Å². The monoisotopic (exact) mass is 276 g/mol. The molecule has 3 heteroatoms. The van der Waals surface area contributed by atoms with Crippen LogP contribution in [0.1, 0.15) is 57.9 Å². The van der Waals surface area contributed by atoms with Gasteiger partial charge in [-0.1, -0.05) is 51.2 Å². The van der Waals surface area contributed by atoms with Gasteiger partial charge in [0.2, 0.25) is 0 Å². The van der Waals surface area contributed by atoms with Crippen molar-refractivity contribution in [3.05, 3.63) is 29.8 Å². The Balaban J connectivity index is 2.23.